The molecule has 2 heterocycles. The first-order chi connectivity index (χ1) is 12.6. The predicted molar refractivity (Wildman–Crippen MR) is 107 cm³/mol. The Morgan fingerprint density at radius 1 is 1.27 bits per heavy atom. The molecule has 0 aliphatic carbocycles. The van der Waals surface area contributed by atoms with Gasteiger partial charge in [-0.1, -0.05) is 30.7 Å². The van der Waals surface area contributed by atoms with Crippen LogP contribution in [-0.4, -0.2) is 22.3 Å². The van der Waals surface area contributed by atoms with E-state index in [1.165, 1.54) is 22.7 Å². The van der Waals surface area contributed by atoms with Gasteiger partial charge in [0.15, 0.2) is 0 Å². The number of thiophene rings is 1. The zero-order valence-electron chi connectivity index (χ0n) is 14.1. The third-order valence-corrected chi connectivity index (χ3v) is 5.99. The van der Waals surface area contributed by atoms with E-state index < -0.39 is 0 Å². The zero-order valence-corrected chi connectivity index (χ0v) is 16.5. The molecular formula is C19H16ClN3OS2. The highest BCUT2D eigenvalue weighted by Gasteiger charge is 2.19. The summed E-state index contributed by atoms with van der Waals surface area (Å²) < 4.78 is 0.705. The van der Waals surface area contributed by atoms with Crippen molar-refractivity contribution in [3.05, 3.63) is 62.9 Å². The fourth-order valence-corrected chi connectivity index (χ4v) is 4.41. The minimum atomic E-state index is -0.0821. The molecule has 0 bridgehead atoms. The van der Waals surface area contributed by atoms with E-state index in [1.807, 2.05) is 31.2 Å². The maximum atomic E-state index is 12.9. The number of aromatic nitrogens is 1. The molecule has 0 atom stereocenters. The van der Waals surface area contributed by atoms with Crippen molar-refractivity contribution in [2.45, 2.75) is 19.9 Å². The SMILES string of the molecule is CCCN(Cc1ccc(C#N)cc1)C(=O)c1csc(-c2ccc(Cl)s2)n1. The lowest BCUT2D eigenvalue weighted by molar-refractivity contribution is 0.0738. The van der Waals surface area contributed by atoms with Crippen molar-refractivity contribution >= 4 is 40.2 Å². The number of hydrogen-bond donors (Lipinski definition) is 0. The molecule has 0 aliphatic heterocycles. The van der Waals surface area contributed by atoms with Gasteiger partial charge in [-0.2, -0.15) is 5.26 Å². The number of amides is 1. The van der Waals surface area contributed by atoms with Crippen molar-refractivity contribution in [3.63, 3.8) is 0 Å². The molecule has 3 rings (SSSR count). The van der Waals surface area contributed by atoms with Gasteiger partial charge >= 0.3 is 0 Å². The summed E-state index contributed by atoms with van der Waals surface area (Å²) in [6, 6.07) is 13.2. The van der Waals surface area contributed by atoms with Crippen molar-refractivity contribution in [3.8, 4) is 16.0 Å². The molecule has 0 spiro atoms. The van der Waals surface area contributed by atoms with Crippen LogP contribution < -0.4 is 0 Å². The first-order valence-corrected chi connectivity index (χ1v) is 10.2. The van der Waals surface area contributed by atoms with Gasteiger partial charge in [0, 0.05) is 18.5 Å². The number of rotatable bonds is 6. The molecule has 4 nitrogen and oxygen atoms in total. The third kappa shape index (κ3) is 4.31. The van der Waals surface area contributed by atoms with Gasteiger partial charge < -0.3 is 4.90 Å². The third-order valence-electron chi connectivity index (χ3n) is 3.74. The summed E-state index contributed by atoms with van der Waals surface area (Å²) in [6.45, 7) is 3.19. The quantitative estimate of drug-likeness (QED) is 0.551. The highest BCUT2D eigenvalue weighted by Crippen LogP contribution is 2.33. The lowest BCUT2D eigenvalue weighted by Crippen LogP contribution is -2.31. The second kappa shape index (κ2) is 8.45. The molecule has 3 aromatic rings. The Labute approximate surface area is 165 Å². The van der Waals surface area contributed by atoms with E-state index in [1.54, 1.807) is 22.4 Å². The van der Waals surface area contributed by atoms with Gasteiger partial charge in [0.2, 0.25) is 0 Å². The first kappa shape index (κ1) is 18.6. The van der Waals surface area contributed by atoms with E-state index in [9.17, 15) is 4.79 Å². The van der Waals surface area contributed by atoms with E-state index in [2.05, 4.69) is 11.1 Å². The molecule has 26 heavy (non-hydrogen) atoms. The van der Waals surface area contributed by atoms with Crippen LogP contribution in [-0.2, 0) is 6.54 Å². The van der Waals surface area contributed by atoms with E-state index in [4.69, 9.17) is 16.9 Å². The van der Waals surface area contributed by atoms with Crippen LogP contribution in [0.25, 0.3) is 9.88 Å². The van der Waals surface area contributed by atoms with Crippen LogP contribution in [0.5, 0.6) is 0 Å². The number of nitrogens with zero attached hydrogens (tertiary/aromatic N) is 3. The Morgan fingerprint density at radius 3 is 2.65 bits per heavy atom. The molecule has 1 aromatic carbocycles. The van der Waals surface area contributed by atoms with Crippen molar-refractivity contribution in [1.82, 2.24) is 9.88 Å². The zero-order chi connectivity index (χ0) is 18.5. The number of nitriles is 1. The topological polar surface area (TPSA) is 57.0 Å². The Balaban J connectivity index is 1.78. The lowest BCUT2D eigenvalue weighted by Gasteiger charge is -2.21. The van der Waals surface area contributed by atoms with Crippen LogP contribution in [0.15, 0.2) is 41.8 Å². The van der Waals surface area contributed by atoms with Gasteiger partial charge in [-0.15, -0.1) is 22.7 Å². The number of hydrogen-bond acceptors (Lipinski definition) is 5. The van der Waals surface area contributed by atoms with Crippen LogP contribution >= 0.6 is 34.3 Å². The summed E-state index contributed by atoms with van der Waals surface area (Å²) >= 11 is 8.88. The lowest BCUT2D eigenvalue weighted by atomic mass is 10.1. The van der Waals surface area contributed by atoms with Crippen molar-refractivity contribution < 1.29 is 4.79 Å². The molecule has 2 aromatic heterocycles. The van der Waals surface area contributed by atoms with Gasteiger partial charge in [-0.05, 0) is 36.2 Å². The number of halogens is 1. The van der Waals surface area contributed by atoms with E-state index in [0.29, 0.717) is 28.7 Å². The molecule has 0 unspecified atom stereocenters. The van der Waals surface area contributed by atoms with Gasteiger partial charge in [0.25, 0.3) is 5.91 Å². The minimum Gasteiger partial charge on any atom is -0.333 e. The van der Waals surface area contributed by atoms with Crippen molar-refractivity contribution in [2.24, 2.45) is 0 Å². The molecule has 0 saturated carbocycles. The highest BCUT2D eigenvalue weighted by atomic mass is 35.5. The molecule has 0 saturated heterocycles. The Morgan fingerprint density at radius 2 is 2.04 bits per heavy atom. The minimum absolute atomic E-state index is 0.0821. The Kier molecular flexibility index (Phi) is 6.04. The monoisotopic (exact) mass is 401 g/mol. The maximum absolute atomic E-state index is 12.9. The van der Waals surface area contributed by atoms with Crippen LogP contribution in [0.2, 0.25) is 4.34 Å². The summed E-state index contributed by atoms with van der Waals surface area (Å²) in [5.41, 5.74) is 2.06. The average Bonchev–Trinajstić information content (AvgIpc) is 3.30. The molecule has 0 radical (unpaired) electrons. The largest absolute Gasteiger partial charge is 0.333 e. The number of carbonyl (C=O) groups excluding carboxylic acids is 1. The van der Waals surface area contributed by atoms with Crippen LogP contribution in [0.4, 0.5) is 0 Å². The fourth-order valence-electron chi connectivity index (χ4n) is 2.50. The van der Waals surface area contributed by atoms with Gasteiger partial charge in [-0.25, -0.2) is 4.98 Å². The smallest absolute Gasteiger partial charge is 0.273 e. The van der Waals surface area contributed by atoms with E-state index in [0.717, 1.165) is 21.9 Å². The number of thiazole rings is 1. The molecule has 0 N–H and O–H groups in total. The number of carbonyl (C=O) groups is 1. The van der Waals surface area contributed by atoms with Crippen molar-refractivity contribution in [1.29, 1.82) is 5.26 Å². The Bertz CT molecular complexity index is 940. The van der Waals surface area contributed by atoms with Crippen molar-refractivity contribution in [2.75, 3.05) is 6.54 Å². The highest BCUT2D eigenvalue weighted by molar-refractivity contribution is 7.23. The van der Waals surface area contributed by atoms with Gasteiger partial charge in [-0.3, -0.25) is 4.79 Å². The maximum Gasteiger partial charge on any atom is 0.273 e. The summed E-state index contributed by atoms with van der Waals surface area (Å²) in [5.74, 6) is -0.0821. The second-order valence-corrected chi connectivity index (χ2v) is 8.25. The predicted octanol–water partition coefficient (Wildman–Crippen LogP) is 5.45. The number of benzene rings is 1. The standard InChI is InChI=1S/C19H16ClN3OS2/c1-2-9-23(11-14-5-3-13(10-21)4-6-14)19(24)15-12-25-18(22-15)16-7-8-17(20)26-16/h3-8,12H,2,9,11H2,1H3. The van der Waals surface area contributed by atoms with Gasteiger partial charge in [0.05, 0.1) is 20.8 Å². The summed E-state index contributed by atoms with van der Waals surface area (Å²) in [7, 11) is 0. The fraction of sp³-hybridized carbons (Fsp3) is 0.211. The summed E-state index contributed by atoms with van der Waals surface area (Å²) in [5, 5.41) is 11.5. The molecule has 7 heteroatoms. The summed E-state index contributed by atoms with van der Waals surface area (Å²) in [4.78, 5) is 20.2. The molecule has 132 valence electrons. The van der Waals surface area contributed by atoms with E-state index >= 15 is 0 Å². The molecule has 1 amide bonds. The molecule has 0 aliphatic rings. The molecule has 0 fully saturated rings. The summed E-state index contributed by atoms with van der Waals surface area (Å²) in [6.07, 6.45) is 0.861. The first-order valence-electron chi connectivity index (χ1n) is 8.10. The average molecular weight is 402 g/mol. The van der Waals surface area contributed by atoms with Crippen LogP contribution in [0.1, 0.15) is 35.0 Å². The normalized spacial score (nSPS) is 10.5. The second-order valence-electron chi connectivity index (χ2n) is 5.68. The Hall–Kier alpha value is -2.20. The van der Waals surface area contributed by atoms with Gasteiger partial charge in [0.1, 0.15) is 10.7 Å². The van der Waals surface area contributed by atoms with E-state index in [-0.39, 0.29) is 5.91 Å². The van der Waals surface area contributed by atoms with Crippen LogP contribution in [0.3, 0.4) is 0 Å². The van der Waals surface area contributed by atoms with Crippen LogP contribution in [0, 0.1) is 11.3 Å². The molecular weight excluding hydrogens is 386 g/mol.